The van der Waals surface area contributed by atoms with Gasteiger partial charge in [0.1, 0.15) is 0 Å². The topological polar surface area (TPSA) is 12.0 Å². The molecule has 0 spiro atoms. The quantitative estimate of drug-likeness (QED) is 0.723. The Bertz CT molecular complexity index is 311. The van der Waals surface area contributed by atoms with Gasteiger partial charge in [-0.1, -0.05) is 24.3 Å². The van der Waals surface area contributed by atoms with E-state index >= 15 is 0 Å². The molecule has 0 amide bonds. The molecule has 0 atom stereocenters. The fourth-order valence-corrected chi connectivity index (χ4v) is 2.16. The zero-order valence-electron chi connectivity index (χ0n) is 7.79. The highest BCUT2D eigenvalue weighted by Gasteiger charge is 2.29. The van der Waals surface area contributed by atoms with Gasteiger partial charge in [0.15, 0.2) is 0 Å². The number of benzene rings is 1. The van der Waals surface area contributed by atoms with Gasteiger partial charge in [-0.05, 0) is 29.9 Å². The first-order valence-corrected chi connectivity index (χ1v) is 5.24. The number of hydrogen-bond donors (Lipinski definition) is 1. The highest BCUT2D eigenvalue weighted by Crippen LogP contribution is 2.43. The second-order valence-electron chi connectivity index (χ2n) is 4.26. The Balaban J connectivity index is 1.96. The van der Waals surface area contributed by atoms with E-state index in [4.69, 9.17) is 0 Å². The maximum absolute atomic E-state index is 3.35. The lowest BCUT2D eigenvalue weighted by Gasteiger charge is -2.29. The molecule has 0 aromatic heterocycles. The molecule has 2 aliphatic rings. The molecule has 1 aromatic carbocycles. The van der Waals surface area contributed by atoms with Crippen molar-refractivity contribution in [2.45, 2.75) is 24.7 Å². The minimum Gasteiger partial charge on any atom is -0.315 e. The first-order chi connectivity index (χ1) is 6.45. The van der Waals surface area contributed by atoms with Crippen LogP contribution >= 0.6 is 0 Å². The predicted octanol–water partition coefficient (Wildman–Crippen LogP) is 2.25. The molecule has 1 aliphatic heterocycles. The lowest BCUT2D eigenvalue weighted by atomic mass is 9.88. The van der Waals surface area contributed by atoms with E-state index in [1.165, 1.54) is 25.9 Å². The van der Waals surface area contributed by atoms with Gasteiger partial charge in [-0.15, -0.1) is 0 Å². The highest BCUT2D eigenvalue weighted by atomic mass is 14.9. The summed E-state index contributed by atoms with van der Waals surface area (Å²) in [5, 5.41) is 3.35. The van der Waals surface area contributed by atoms with Crippen LogP contribution < -0.4 is 5.32 Å². The number of nitrogens with one attached hydrogen (secondary N) is 1. The van der Waals surface area contributed by atoms with Crippen molar-refractivity contribution in [3.63, 3.8) is 0 Å². The Kier molecular flexibility index (Phi) is 1.66. The molecule has 0 bridgehead atoms. The third-order valence-corrected chi connectivity index (χ3v) is 3.23. The van der Waals surface area contributed by atoms with E-state index < -0.39 is 0 Å². The fourth-order valence-electron chi connectivity index (χ4n) is 2.16. The summed E-state index contributed by atoms with van der Waals surface area (Å²) < 4.78 is 0. The van der Waals surface area contributed by atoms with Gasteiger partial charge in [0.2, 0.25) is 0 Å². The molecule has 2 fully saturated rings. The van der Waals surface area contributed by atoms with E-state index in [1.54, 1.807) is 11.1 Å². The summed E-state index contributed by atoms with van der Waals surface area (Å²) in [6.07, 6.45) is 2.83. The molecular formula is C12H15N. The van der Waals surface area contributed by atoms with E-state index in [1.807, 2.05) is 0 Å². The van der Waals surface area contributed by atoms with Crippen molar-refractivity contribution < 1.29 is 0 Å². The standard InChI is InChI=1S/C12H15N/c1-2-4-12(10-7-13-8-10)11(3-1)9-5-6-9/h1-4,9-10,13H,5-8H2. The summed E-state index contributed by atoms with van der Waals surface area (Å²) in [4.78, 5) is 0. The van der Waals surface area contributed by atoms with Crippen molar-refractivity contribution in [1.29, 1.82) is 0 Å². The monoisotopic (exact) mass is 173 g/mol. The van der Waals surface area contributed by atoms with Gasteiger partial charge in [-0.3, -0.25) is 0 Å². The third kappa shape index (κ3) is 1.28. The molecule has 1 saturated carbocycles. The van der Waals surface area contributed by atoms with Gasteiger partial charge < -0.3 is 5.32 Å². The van der Waals surface area contributed by atoms with Gasteiger partial charge >= 0.3 is 0 Å². The maximum Gasteiger partial charge on any atom is 0.00913 e. The van der Waals surface area contributed by atoms with Crippen molar-refractivity contribution in [2.75, 3.05) is 13.1 Å². The van der Waals surface area contributed by atoms with E-state index in [0.717, 1.165) is 11.8 Å². The van der Waals surface area contributed by atoms with E-state index in [0.29, 0.717) is 0 Å². The molecular weight excluding hydrogens is 158 g/mol. The molecule has 13 heavy (non-hydrogen) atoms. The van der Waals surface area contributed by atoms with Crippen LogP contribution in [0.2, 0.25) is 0 Å². The predicted molar refractivity (Wildman–Crippen MR) is 54.0 cm³/mol. The van der Waals surface area contributed by atoms with Crippen LogP contribution in [0.3, 0.4) is 0 Å². The fraction of sp³-hybridized carbons (Fsp3) is 0.500. The van der Waals surface area contributed by atoms with Gasteiger partial charge in [0.25, 0.3) is 0 Å². The molecule has 1 saturated heterocycles. The SMILES string of the molecule is c1ccc(C2CNC2)c(C2CC2)c1. The molecule has 1 N–H and O–H groups in total. The normalized spacial score (nSPS) is 22.8. The molecule has 0 radical (unpaired) electrons. The largest absolute Gasteiger partial charge is 0.315 e. The van der Waals surface area contributed by atoms with Crippen LogP contribution in [0.25, 0.3) is 0 Å². The molecule has 68 valence electrons. The average Bonchev–Trinajstić information content (AvgIpc) is 2.85. The Morgan fingerprint density at radius 1 is 0.923 bits per heavy atom. The molecule has 1 aliphatic carbocycles. The molecule has 1 aromatic rings. The lowest BCUT2D eigenvalue weighted by molar-refractivity contribution is 0.446. The minimum absolute atomic E-state index is 0.803. The summed E-state index contributed by atoms with van der Waals surface area (Å²) in [7, 11) is 0. The molecule has 0 unspecified atom stereocenters. The number of rotatable bonds is 2. The van der Waals surface area contributed by atoms with Crippen LogP contribution in [0.4, 0.5) is 0 Å². The van der Waals surface area contributed by atoms with Crippen LogP contribution in [-0.4, -0.2) is 13.1 Å². The Labute approximate surface area is 79.2 Å². The second-order valence-corrected chi connectivity index (χ2v) is 4.26. The van der Waals surface area contributed by atoms with E-state index in [2.05, 4.69) is 29.6 Å². The summed E-state index contributed by atoms with van der Waals surface area (Å²) in [5.41, 5.74) is 3.25. The van der Waals surface area contributed by atoms with Crippen molar-refractivity contribution >= 4 is 0 Å². The zero-order chi connectivity index (χ0) is 8.67. The van der Waals surface area contributed by atoms with Crippen LogP contribution in [0.1, 0.15) is 35.8 Å². The lowest BCUT2D eigenvalue weighted by Crippen LogP contribution is -2.40. The Morgan fingerprint density at radius 3 is 2.00 bits per heavy atom. The molecule has 3 rings (SSSR count). The van der Waals surface area contributed by atoms with Gasteiger partial charge in [0, 0.05) is 19.0 Å². The summed E-state index contributed by atoms with van der Waals surface area (Å²) in [6.45, 7) is 2.37. The van der Waals surface area contributed by atoms with Crippen LogP contribution in [-0.2, 0) is 0 Å². The van der Waals surface area contributed by atoms with Crippen molar-refractivity contribution in [3.05, 3.63) is 35.4 Å². The van der Waals surface area contributed by atoms with Crippen molar-refractivity contribution in [2.24, 2.45) is 0 Å². The van der Waals surface area contributed by atoms with Crippen LogP contribution in [0.5, 0.6) is 0 Å². The molecule has 1 nitrogen and oxygen atoms in total. The smallest absolute Gasteiger partial charge is 0.00913 e. The van der Waals surface area contributed by atoms with Gasteiger partial charge in [-0.25, -0.2) is 0 Å². The molecule has 1 heteroatoms. The summed E-state index contributed by atoms with van der Waals surface area (Å²) in [6, 6.07) is 9.01. The summed E-state index contributed by atoms with van der Waals surface area (Å²) in [5.74, 6) is 1.70. The number of hydrogen-bond acceptors (Lipinski definition) is 1. The average molecular weight is 173 g/mol. The van der Waals surface area contributed by atoms with Gasteiger partial charge in [0.05, 0.1) is 0 Å². The van der Waals surface area contributed by atoms with Crippen molar-refractivity contribution in [1.82, 2.24) is 5.32 Å². The van der Waals surface area contributed by atoms with Gasteiger partial charge in [-0.2, -0.15) is 0 Å². The minimum atomic E-state index is 0.803. The summed E-state index contributed by atoms with van der Waals surface area (Å²) >= 11 is 0. The van der Waals surface area contributed by atoms with Crippen LogP contribution in [0.15, 0.2) is 24.3 Å². The van der Waals surface area contributed by atoms with Crippen LogP contribution in [0, 0.1) is 0 Å². The Morgan fingerprint density at radius 2 is 1.54 bits per heavy atom. The highest BCUT2D eigenvalue weighted by molar-refractivity contribution is 5.37. The second kappa shape index (κ2) is 2.85. The first-order valence-electron chi connectivity index (χ1n) is 5.24. The molecule has 1 heterocycles. The zero-order valence-corrected chi connectivity index (χ0v) is 7.79. The third-order valence-electron chi connectivity index (χ3n) is 3.23. The van der Waals surface area contributed by atoms with E-state index in [-0.39, 0.29) is 0 Å². The Hall–Kier alpha value is -0.820. The maximum atomic E-state index is 3.35. The van der Waals surface area contributed by atoms with Crippen molar-refractivity contribution in [3.8, 4) is 0 Å². The van der Waals surface area contributed by atoms with E-state index in [9.17, 15) is 0 Å². The first kappa shape index (κ1) is 7.57.